The van der Waals surface area contributed by atoms with Crippen molar-refractivity contribution in [3.63, 3.8) is 0 Å². The molecule has 132 valence electrons. The number of thiazole rings is 1. The summed E-state index contributed by atoms with van der Waals surface area (Å²) >= 11 is 1.51. The van der Waals surface area contributed by atoms with Crippen LogP contribution in [-0.2, 0) is 22.6 Å². The average Bonchev–Trinajstić information content (AvgIpc) is 3.08. The minimum atomic E-state index is -0.868. The van der Waals surface area contributed by atoms with E-state index in [4.69, 9.17) is 9.84 Å². The molecule has 1 aromatic heterocycles. The summed E-state index contributed by atoms with van der Waals surface area (Å²) in [6.07, 6.45) is 1.32. The molecule has 0 unspecified atom stereocenters. The average molecular weight is 360 g/mol. The molecule has 0 saturated carbocycles. The van der Waals surface area contributed by atoms with Gasteiger partial charge in [0.25, 0.3) is 0 Å². The van der Waals surface area contributed by atoms with Crippen LogP contribution in [0.3, 0.4) is 0 Å². The fourth-order valence-electron chi connectivity index (χ4n) is 2.87. The fraction of sp³-hybridized carbons (Fsp3) is 0.389. The van der Waals surface area contributed by atoms with E-state index < -0.39 is 5.97 Å². The number of rotatable bonds is 5. The maximum Gasteiger partial charge on any atom is 0.410 e. The maximum atomic E-state index is 12.2. The number of carboxylic acid groups (broad SMARTS) is 1. The molecule has 6 nitrogen and oxygen atoms in total. The Morgan fingerprint density at radius 3 is 2.64 bits per heavy atom. The molecule has 2 heterocycles. The van der Waals surface area contributed by atoms with Crippen molar-refractivity contribution in [2.45, 2.75) is 31.8 Å². The van der Waals surface area contributed by atoms with Gasteiger partial charge < -0.3 is 14.7 Å². The SMILES string of the molecule is O=C(O)Cc1csc(C2CCN(C(=O)OCc3ccccc3)CC2)n1. The molecule has 1 fully saturated rings. The number of aromatic nitrogens is 1. The molecule has 0 radical (unpaired) electrons. The monoisotopic (exact) mass is 360 g/mol. The normalized spacial score (nSPS) is 15.1. The second-order valence-corrected chi connectivity index (χ2v) is 6.94. The summed E-state index contributed by atoms with van der Waals surface area (Å²) < 4.78 is 5.37. The van der Waals surface area contributed by atoms with Crippen LogP contribution in [0.4, 0.5) is 4.79 Å². The number of hydrogen-bond acceptors (Lipinski definition) is 5. The molecule has 7 heteroatoms. The first-order chi connectivity index (χ1) is 12.1. The molecule has 1 N–H and O–H groups in total. The molecule has 1 aromatic carbocycles. The standard InChI is InChI=1S/C18H20N2O4S/c21-16(22)10-15-12-25-17(19-15)14-6-8-20(9-7-14)18(23)24-11-13-4-2-1-3-5-13/h1-5,12,14H,6-11H2,(H,21,22). The minimum absolute atomic E-state index is 0.0405. The second kappa shape index (κ2) is 8.11. The number of carbonyl (C=O) groups is 2. The van der Waals surface area contributed by atoms with Gasteiger partial charge in [0.1, 0.15) is 6.61 Å². The van der Waals surface area contributed by atoms with E-state index in [0.29, 0.717) is 18.8 Å². The lowest BCUT2D eigenvalue weighted by Gasteiger charge is -2.30. The molecule has 1 amide bonds. The predicted molar refractivity (Wildman–Crippen MR) is 93.6 cm³/mol. The lowest BCUT2D eigenvalue weighted by atomic mass is 9.98. The third-order valence-corrected chi connectivity index (χ3v) is 5.27. The van der Waals surface area contributed by atoms with Gasteiger partial charge in [0.2, 0.25) is 0 Å². The van der Waals surface area contributed by atoms with Crippen LogP contribution in [0, 0.1) is 0 Å². The smallest absolute Gasteiger partial charge is 0.410 e. The number of likely N-dealkylation sites (tertiary alicyclic amines) is 1. The Labute approximate surface area is 150 Å². The van der Waals surface area contributed by atoms with Crippen LogP contribution in [0.1, 0.15) is 35.0 Å². The number of amides is 1. The zero-order valence-corrected chi connectivity index (χ0v) is 14.6. The highest BCUT2D eigenvalue weighted by atomic mass is 32.1. The van der Waals surface area contributed by atoms with Crippen LogP contribution < -0.4 is 0 Å². The number of ether oxygens (including phenoxy) is 1. The number of hydrogen-bond donors (Lipinski definition) is 1. The van der Waals surface area contributed by atoms with Crippen molar-refractivity contribution < 1.29 is 19.4 Å². The van der Waals surface area contributed by atoms with E-state index in [1.165, 1.54) is 11.3 Å². The van der Waals surface area contributed by atoms with E-state index in [-0.39, 0.29) is 25.0 Å². The summed E-state index contributed by atoms with van der Waals surface area (Å²) in [5.74, 6) is -0.585. The molecule has 2 aromatic rings. The van der Waals surface area contributed by atoms with Crippen LogP contribution in [0.15, 0.2) is 35.7 Å². The van der Waals surface area contributed by atoms with Gasteiger partial charge in [-0.1, -0.05) is 30.3 Å². The minimum Gasteiger partial charge on any atom is -0.481 e. The summed E-state index contributed by atoms with van der Waals surface area (Å²) in [5.41, 5.74) is 1.58. The molecule has 0 atom stereocenters. The van der Waals surface area contributed by atoms with Gasteiger partial charge in [0.15, 0.2) is 0 Å². The van der Waals surface area contributed by atoms with E-state index in [1.54, 1.807) is 4.90 Å². The summed E-state index contributed by atoms with van der Waals surface area (Å²) in [6, 6.07) is 9.62. The number of nitrogens with zero attached hydrogens (tertiary/aromatic N) is 2. The molecule has 0 aliphatic carbocycles. The van der Waals surface area contributed by atoms with Crippen molar-refractivity contribution in [2.24, 2.45) is 0 Å². The quantitative estimate of drug-likeness (QED) is 0.885. The fourth-order valence-corrected chi connectivity index (χ4v) is 3.86. The van der Waals surface area contributed by atoms with Gasteiger partial charge in [-0.2, -0.15) is 0 Å². The van der Waals surface area contributed by atoms with Crippen molar-refractivity contribution in [3.05, 3.63) is 52.0 Å². The molecule has 25 heavy (non-hydrogen) atoms. The number of carbonyl (C=O) groups excluding carboxylic acids is 1. The van der Waals surface area contributed by atoms with Crippen molar-refractivity contribution >= 4 is 23.4 Å². The molecule has 0 bridgehead atoms. The van der Waals surface area contributed by atoms with Gasteiger partial charge in [-0.15, -0.1) is 11.3 Å². The Kier molecular flexibility index (Phi) is 5.65. The molecule has 0 spiro atoms. The zero-order chi connectivity index (χ0) is 17.6. The van der Waals surface area contributed by atoms with Crippen molar-refractivity contribution in [1.82, 2.24) is 9.88 Å². The highest BCUT2D eigenvalue weighted by Crippen LogP contribution is 2.30. The molecular weight excluding hydrogens is 340 g/mol. The van der Waals surface area contributed by atoms with Crippen molar-refractivity contribution in [1.29, 1.82) is 0 Å². The lowest BCUT2D eigenvalue weighted by molar-refractivity contribution is -0.136. The van der Waals surface area contributed by atoms with Gasteiger partial charge in [0, 0.05) is 24.4 Å². The van der Waals surface area contributed by atoms with E-state index in [0.717, 1.165) is 23.4 Å². The summed E-state index contributed by atoms with van der Waals surface area (Å²) in [4.78, 5) is 29.1. The maximum absolute atomic E-state index is 12.2. The number of piperidine rings is 1. The van der Waals surface area contributed by atoms with Crippen molar-refractivity contribution in [3.8, 4) is 0 Å². The third kappa shape index (κ3) is 4.79. The molecule has 3 rings (SSSR count). The van der Waals surface area contributed by atoms with Crippen molar-refractivity contribution in [2.75, 3.05) is 13.1 Å². The van der Waals surface area contributed by atoms with Gasteiger partial charge in [0.05, 0.1) is 17.1 Å². The third-order valence-electron chi connectivity index (χ3n) is 4.21. The number of benzene rings is 1. The van der Waals surface area contributed by atoms with Crippen LogP contribution in [0.2, 0.25) is 0 Å². The van der Waals surface area contributed by atoms with Crippen LogP contribution in [-0.4, -0.2) is 40.1 Å². The Balaban J connectivity index is 1.47. The Hall–Kier alpha value is -2.41. The van der Waals surface area contributed by atoms with Gasteiger partial charge in [-0.3, -0.25) is 4.79 Å². The molecule has 1 aliphatic heterocycles. The predicted octanol–water partition coefficient (Wildman–Crippen LogP) is 3.29. The zero-order valence-electron chi connectivity index (χ0n) is 13.8. The molecular formula is C18H20N2O4S. The Morgan fingerprint density at radius 2 is 1.96 bits per heavy atom. The second-order valence-electron chi connectivity index (χ2n) is 6.05. The summed E-state index contributed by atoms with van der Waals surface area (Å²) in [6.45, 7) is 1.54. The highest BCUT2D eigenvalue weighted by molar-refractivity contribution is 7.09. The Bertz CT molecular complexity index is 724. The summed E-state index contributed by atoms with van der Waals surface area (Å²) in [7, 11) is 0. The van der Waals surface area contributed by atoms with E-state index in [2.05, 4.69) is 4.98 Å². The Morgan fingerprint density at radius 1 is 1.24 bits per heavy atom. The molecule has 1 aliphatic rings. The lowest BCUT2D eigenvalue weighted by Crippen LogP contribution is -2.38. The van der Waals surface area contributed by atoms with Crippen LogP contribution in [0.5, 0.6) is 0 Å². The van der Waals surface area contributed by atoms with Crippen LogP contribution in [0.25, 0.3) is 0 Å². The van der Waals surface area contributed by atoms with E-state index >= 15 is 0 Å². The largest absolute Gasteiger partial charge is 0.481 e. The number of carboxylic acids is 1. The van der Waals surface area contributed by atoms with E-state index in [1.807, 2.05) is 35.7 Å². The van der Waals surface area contributed by atoms with Crippen LogP contribution >= 0.6 is 11.3 Å². The van der Waals surface area contributed by atoms with Gasteiger partial charge >= 0.3 is 12.1 Å². The first-order valence-corrected chi connectivity index (χ1v) is 9.11. The van der Waals surface area contributed by atoms with Gasteiger partial charge in [-0.05, 0) is 18.4 Å². The summed E-state index contributed by atoms with van der Waals surface area (Å²) in [5, 5.41) is 11.6. The first kappa shape index (κ1) is 17.4. The topological polar surface area (TPSA) is 79.7 Å². The molecule has 1 saturated heterocycles. The van der Waals surface area contributed by atoms with E-state index in [9.17, 15) is 9.59 Å². The first-order valence-electron chi connectivity index (χ1n) is 8.23. The number of aliphatic carboxylic acids is 1. The highest BCUT2D eigenvalue weighted by Gasteiger charge is 2.26. The van der Waals surface area contributed by atoms with Gasteiger partial charge in [-0.25, -0.2) is 9.78 Å².